The van der Waals surface area contributed by atoms with Crippen LogP contribution in [0, 0.1) is 11.8 Å². The highest BCUT2D eigenvalue weighted by molar-refractivity contribution is 6.04. The van der Waals surface area contributed by atoms with Gasteiger partial charge in [-0.1, -0.05) is 36.1 Å². The van der Waals surface area contributed by atoms with Gasteiger partial charge in [-0.05, 0) is 18.6 Å². The molecule has 0 unspecified atom stereocenters. The molecule has 1 saturated heterocycles. The van der Waals surface area contributed by atoms with Crippen molar-refractivity contribution in [3.63, 3.8) is 0 Å². The van der Waals surface area contributed by atoms with Crippen LogP contribution in [0.1, 0.15) is 18.4 Å². The van der Waals surface area contributed by atoms with E-state index in [2.05, 4.69) is 29.1 Å². The lowest BCUT2D eigenvalue weighted by Crippen LogP contribution is -2.35. The van der Waals surface area contributed by atoms with Crippen LogP contribution < -0.4 is 10.6 Å². The second-order valence-electron chi connectivity index (χ2n) is 5.28. The van der Waals surface area contributed by atoms with E-state index in [1.54, 1.807) is 11.0 Å². The van der Waals surface area contributed by atoms with Gasteiger partial charge in [0.15, 0.2) is 0 Å². The minimum atomic E-state index is -0.651. The monoisotopic (exact) mass is 325 g/mol. The number of benzene rings is 1. The van der Waals surface area contributed by atoms with Gasteiger partial charge < -0.3 is 10.2 Å². The van der Waals surface area contributed by atoms with Crippen molar-refractivity contribution in [2.45, 2.75) is 18.9 Å². The van der Waals surface area contributed by atoms with Gasteiger partial charge in [0.2, 0.25) is 5.91 Å². The Balaban J connectivity index is 1.88. The average molecular weight is 325 g/mol. The number of hydrogen-bond acceptors (Lipinski definition) is 3. The van der Waals surface area contributed by atoms with Crippen LogP contribution in [0.5, 0.6) is 0 Å². The molecule has 6 nitrogen and oxygen atoms in total. The molecule has 24 heavy (non-hydrogen) atoms. The van der Waals surface area contributed by atoms with Gasteiger partial charge in [-0.25, -0.2) is 4.79 Å². The number of rotatable bonds is 6. The molecule has 0 bridgehead atoms. The van der Waals surface area contributed by atoms with Gasteiger partial charge in [-0.2, -0.15) is 0 Å². The van der Waals surface area contributed by atoms with Gasteiger partial charge in [0.25, 0.3) is 5.91 Å². The third-order valence-electron chi connectivity index (χ3n) is 3.48. The molecule has 1 aliphatic rings. The molecule has 0 spiro atoms. The first-order valence-electron chi connectivity index (χ1n) is 7.64. The van der Waals surface area contributed by atoms with E-state index in [-0.39, 0.29) is 25.3 Å². The number of amides is 4. The van der Waals surface area contributed by atoms with Crippen molar-refractivity contribution in [3.8, 4) is 11.8 Å². The molecule has 2 N–H and O–H groups in total. The van der Waals surface area contributed by atoms with Crippen molar-refractivity contribution in [1.29, 1.82) is 0 Å². The number of hydrogen-bond donors (Lipinski definition) is 2. The van der Waals surface area contributed by atoms with Crippen LogP contribution in [0.4, 0.5) is 4.79 Å². The first-order valence-corrected chi connectivity index (χ1v) is 7.64. The zero-order valence-electron chi connectivity index (χ0n) is 13.2. The lowest BCUT2D eigenvalue weighted by Gasteiger charge is -2.19. The second-order valence-corrected chi connectivity index (χ2v) is 5.28. The molecular formula is C18H19N3O3. The van der Waals surface area contributed by atoms with Crippen molar-refractivity contribution in [2.75, 3.05) is 13.1 Å². The van der Waals surface area contributed by atoms with E-state index in [1.807, 2.05) is 30.3 Å². The molecule has 2 rings (SSSR count). The molecular weight excluding hydrogens is 306 g/mol. The Morgan fingerprint density at radius 2 is 2.04 bits per heavy atom. The summed E-state index contributed by atoms with van der Waals surface area (Å²) < 4.78 is 0. The second kappa shape index (κ2) is 8.53. The molecule has 0 aliphatic carbocycles. The van der Waals surface area contributed by atoms with E-state index in [4.69, 9.17) is 0 Å². The summed E-state index contributed by atoms with van der Waals surface area (Å²) in [5, 5.41) is 4.62. The number of nitrogens with zero attached hydrogens (tertiary/aromatic N) is 1. The van der Waals surface area contributed by atoms with Crippen molar-refractivity contribution in [2.24, 2.45) is 0 Å². The first kappa shape index (κ1) is 17.3. The summed E-state index contributed by atoms with van der Waals surface area (Å²) in [6, 6.07) is 8.34. The van der Waals surface area contributed by atoms with Crippen LogP contribution in [0.15, 0.2) is 43.0 Å². The molecule has 1 aromatic carbocycles. The maximum atomic E-state index is 12.3. The van der Waals surface area contributed by atoms with Crippen molar-refractivity contribution in [3.05, 3.63) is 48.6 Å². The molecule has 4 amide bonds. The molecule has 1 fully saturated rings. The Kier molecular flexibility index (Phi) is 6.15. The third kappa shape index (κ3) is 4.99. The molecule has 0 radical (unpaired) electrons. The summed E-state index contributed by atoms with van der Waals surface area (Å²) in [6.45, 7) is 4.31. The van der Waals surface area contributed by atoms with Crippen LogP contribution in [-0.2, 0) is 9.59 Å². The molecule has 124 valence electrons. The van der Waals surface area contributed by atoms with E-state index < -0.39 is 18.0 Å². The normalized spacial score (nSPS) is 15.8. The zero-order valence-corrected chi connectivity index (χ0v) is 13.2. The Morgan fingerprint density at radius 3 is 2.67 bits per heavy atom. The Labute approximate surface area is 140 Å². The lowest BCUT2D eigenvalue weighted by atomic mass is 10.1. The highest BCUT2D eigenvalue weighted by Crippen LogP contribution is 2.05. The average Bonchev–Trinajstić information content (AvgIpc) is 2.90. The highest BCUT2D eigenvalue weighted by Gasteiger charge is 2.29. The highest BCUT2D eigenvalue weighted by atomic mass is 16.2. The fourth-order valence-corrected chi connectivity index (χ4v) is 2.26. The van der Waals surface area contributed by atoms with Crippen LogP contribution >= 0.6 is 0 Å². The third-order valence-corrected chi connectivity index (χ3v) is 3.48. The lowest BCUT2D eigenvalue weighted by molar-refractivity contribution is -0.130. The summed E-state index contributed by atoms with van der Waals surface area (Å²) in [5.74, 6) is 5.44. The summed E-state index contributed by atoms with van der Waals surface area (Å²) >= 11 is 0. The number of carbonyl (C=O) groups excluding carboxylic acids is 3. The Morgan fingerprint density at radius 1 is 1.29 bits per heavy atom. The predicted molar refractivity (Wildman–Crippen MR) is 89.8 cm³/mol. The quantitative estimate of drug-likeness (QED) is 0.466. The summed E-state index contributed by atoms with van der Waals surface area (Å²) in [5.41, 5.74) is 0.883. The van der Waals surface area contributed by atoms with Gasteiger partial charge in [-0.15, -0.1) is 6.58 Å². The standard InChI is InChI=1S/C18H19N3O3/c1-2-12-21(13-6-9-14-7-4-3-5-8-14)16(22)11-10-15-17(23)20-18(24)19-15/h2-5,7-8,15H,1,10-13H2,(H2,19,20,23,24)/t15-/m0/s1. The van der Waals surface area contributed by atoms with Gasteiger partial charge in [0.05, 0.1) is 6.54 Å². The van der Waals surface area contributed by atoms with Gasteiger partial charge in [0, 0.05) is 18.5 Å². The number of nitrogens with one attached hydrogen (secondary N) is 2. The van der Waals surface area contributed by atoms with Crippen molar-refractivity contribution in [1.82, 2.24) is 15.5 Å². The Hall–Kier alpha value is -3.07. The number of urea groups is 1. The topological polar surface area (TPSA) is 78.5 Å². The minimum absolute atomic E-state index is 0.133. The zero-order chi connectivity index (χ0) is 17.4. The SMILES string of the molecule is C=CCN(CC#Cc1ccccc1)C(=O)CC[C@@H]1NC(=O)NC1=O. The maximum absolute atomic E-state index is 12.3. The van der Waals surface area contributed by atoms with E-state index in [9.17, 15) is 14.4 Å². The predicted octanol–water partition coefficient (Wildman–Crippen LogP) is 1.04. The van der Waals surface area contributed by atoms with Gasteiger partial charge in [-0.3, -0.25) is 14.9 Å². The fraction of sp³-hybridized carbons (Fsp3) is 0.278. The smallest absolute Gasteiger partial charge is 0.322 e. The van der Waals surface area contributed by atoms with Crippen LogP contribution in [-0.4, -0.2) is 41.9 Å². The number of carbonyl (C=O) groups is 3. The van der Waals surface area contributed by atoms with Crippen molar-refractivity contribution < 1.29 is 14.4 Å². The molecule has 1 heterocycles. The summed E-state index contributed by atoms with van der Waals surface area (Å²) in [7, 11) is 0. The summed E-state index contributed by atoms with van der Waals surface area (Å²) in [4.78, 5) is 36.4. The van der Waals surface area contributed by atoms with Crippen LogP contribution in [0.25, 0.3) is 0 Å². The fourth-order valence-electron chi connectivity index (χ4n) is 2.26. The van der Waals surface area contributed by atoms with Gasteiger partial charge >= 0.3 is 6.03 Å². The largest absolute Gasteiger partial charge is 0.328 e. The minimum Gasteiger partial charge on any atom is -0.328 e. The number of imide groups is 1. The molecule has 0 aromatic heterocycles. The van der Waals surface area contributed by atoms with Gasteiger partial charge in [0.1, 0.15) is 6.04 Å². The molecule has 6 heteroatoms. The van der Waals surface area contributed by atoms with E-state index in [0.29, 0.717) is 6.54 Å². The summed E-state index contributed by atoms with van der Waals surface area (Å²) in [6.07, 6.45) is 2.04. The van der Waals surface area contributed by atoms with Crippen LogP contribution in [0.2, 0.25) is 0 Å². The molecule has 1 aliphatic heterocycles. The molecule has 1 atom stereocenters. The van der Waals surface area contributed by atoms with E-state index in [1.165, 1.54) is 0 Å². The first-order chi connectivity index (χ1) is 11.6. The maximum Gasteiger partial charge on any atom is 0.322 e. The van der Waals surface area contributed by atoms with Crippen LogP contribution in [0.3, 0.4) is 0 Å². The Bertz CT molecular complexity index is 688. The van der Waals surface area contributed by atoms with Crippen molar-refractivity contribution >= 4 is 17.8 Å². The molecule has 0 saturated carbocycles. The van der Waals surface area contributed by atoms with E-state index >= 15 is 0 Å². The molecule has 1 aromatic rings. The van der Waals surface area contributed by atoms with E-state index in [0.717, 1.165) is 5.56 Å².